The molecule has 0 bridgehead atoms. The number of hydrogen-bond acceptors (Lipinski definition) is 9. The fraction of sp³-hybridized carbons (Fsp3) is 0.455. The van der Waals surface area contributed by atoms with E-state index in [-0.39, 0.29) is 23.9 Å². The number of benzene rings is 2. The number of allylic oxidation sites excluding steroid dienone is 2. The second-order valence-corrected chi connectivity index (χ2v) is 9.31. The van der Waals surface area contributed by atoms with E-state index < -0.39 is 17.4 Å². The summed E-state index contributed by atoms with van der Waals surface area (Å²) in [5.41, 5.74) is 0.628. The molecule has 0 saturated carbocycles. The highest BCUT2D eigenvalue weighted by atomic mass is 16.6. The molecule has 0 aliphatic rings. The van der Waals surface area contributed by atoms with Gasteiger partial charge in [-0.25, -0.2) is 9.59 Å². The molecule has 9 heteroatoms. The van der Waals surface area contributed by atoms with Gasteiger partial charge in [0, 0.05) is 28.7 Å². The molecule has 0 radical (unpaired) electrons. The summed E-state index contributed by atoms with van der Waals surface area (Å²) in [6.45, 7) is 18.3. The van der Waals surface area contributed by atoms with Gasteiger partial charge in [0.25, 0.3) is 0 Å². The molecular formula is C33H44O9. The van der Waals surface area contributed by atoms with E-state index in [0.717, 1.165) is 5.56 Å². The summed E-state index contributed by atoms with van der Waals surface area (Å²) in [5.74, 6) is 0.996. The molecule has 42 heavy (non-hydrogen) atoms. The van der Waals surface area contributed by atoms with Crippen LogP contribution in [0.25, 0.3) is 0 Å². The third-order valence-corrected chi connectivity index (χ3v) is 6.05. The Bertz CT molecular complexity index is 1280. The quantitative estimate of drug-likeness (QED) is 0.118. The van der Waals surface area contributed by atoms with Crippen LogP contribution in [0.1, 0.15) is 73.4 Å². The van der Waals surface area contributed by atoms with Gasteiger partial charge in [-0.2, -0.15) is 0 Å². The predicted molar refractivity (Wildman–Crippen MR) is 162 cm³/mol. The van der Waals surface area contributed by atoms with Gasteiger partial charge >= 0.3 is 11.9 Å². The summed E-state index contributed by atoms with van der Waals surface area (Å²) in [6, 6.07) is 5.32. The Morgan fingerprint density at radius 3 is 1.60 bits per heavy atom. The Balaban J connectivity index is 2.96. The van der Waals surface area contributed by atoms with Gasteiger partial charge in [0.1, 0.15) is 0 Å². The third kappa shape index (κ3) is 7.99. The lowest BCUT2D eigenvalue weighted by Gasteiger charge is -2.32. The number of ether oxygens (including phenoxy) is 7. The number of esters is 2. The smallest absolute Gasteiger partial charge is 0.336 e. The van der Waals surface area contributed by atoms with Crippen LogP contribution < -0.4 is 33.2 Å². The van der Waals surface area contributed by atoms with Crippen molar-refractivity contribution >= 4 is 11.9 Å². The number of carbonyl (C=O) groups excluding carboxylic acids is 2. The fourth-order valence-electron chi connectivity index (χ4n) is 4.37. The molecule has 2 rings (SSSR count). The zero-order valence-corrected chi connectivity index (χ0v) is 26.3. The summed E-state index contributed by atoms with van der Waals surface area (Å²) in [6.07, 6.45) is 5.84. The Hall–Kier alpha value is -4.14. The monoisotopic (exact) mass is 584 g/mol. The van der Waals surface area contributed by atoms with Gasteiger partial charge in [0.2, 0.25) is 17.2 Å². The summed E-state index contributed by atoms with van der Waals surface area (Å²) in [5, 5.41) is 0. The molecule has 0 saturated heterocycles. The standard InChI is InChI=1S/C33H44O9/c1-10-17-26(34)41-24-20-19-22(28(37-13-4)30(24)39-15-6)33(8,9)23-21-25(36-12-3)31(42-27(35)18-11-2)32(40-16-7)29(23)38-14-5/h10-11,17-21H,12-16H2,1-9H3. The molecule has 230 valence electrons. The van der Waals surface area contributed by atoms with Crippen molar-refractivity contribution in [1.29, 1.82) is 0 Å². The second-order valence-electron chi connectivity index (χ2n) is 9.31. The van der Waals surface area contributed by atoms with Crippen LogP contribution in [0.3, 0.4) is 0 Å². The van der Waals surface area contributed by atoms with Gasteiger partial charge in [-0.1, -0.05) is 32.1 Å². The molecule has 0 N–H and O–H groups in total. The first kappa shape index (κ1) is 34.1. The van der Waals surface area contributed by atoms with Crippen LogP contribution in [0.2, 0.25) is 0 Å². The highest BCUT2D eigenvalue weighted by Crippen LogP contribution is 2.54. The van der Waals surface area contributed by atoms with E-state index in [1.165, 1.54) is 12.2 Å². The normalized spacial score (nSPS) is 11.5. The zero-order chi connectivity index (χ0) is 31.3. The molecule has 0 atom stereocenters. The van der Waals surface area contributed by atoms with E-state index in [1.807, 2.05) is 54.5 Å². The predicted octanol–water partition coefficient (Wildman–Crippen LogP) is 6.97. The Morgan fingerprint density at radius 2 is 1.07 bits per heavy atom. The largest absolute Gasteiger partial charge is 0.490 e. The minimum Gasteiger partial charge on any atom is -0.490 e. The first-order chi connectivity index (χ1) is 20.1. The molecule has 0 aliphatic heterocycles. The zero-order valence-electron chi connectivity index (χ0n) is 26.3. The molecule has 0 amide bonds. The molecule has 0 spiro atoms. The van der Waals surface area contributed by atoms with Gasteiger partial charge in [-0.05, 0) is 60.6 Å². The van der Waals surface area contributed by atoms with E-state index in [9.17, 15) is 9.59 Å². The molecule has 0 aromatic heterocycles. The number of hydrogen-bond donors (Lipinski definition) is 0. The molecule has 2 aromatic rings. The maximum Gasteiger partial charge on any atom is 0.336 e. The van der Waals surface area contributed by atoms with Gasteiger partial charge in [0.05, 0.1) is 33.0 Å². The molecule has 2 aromatic carbocycles. The van der Waals surface area contributed by atoms with Crippen LogP contribution in [-0.2, 0) is 15.0 Å². The number of rotatable bonds is 16. The second kappa shape index (κ2) is 16.3. The van der Waals surface area contributed by atoms with Crippen LogP contribution in [0.15, 0.2) is 42.5 Å². The first-order valence-corrected chi connectivity index (χ1v) is 14.4. The van der Waals surface area contributed by atoms with E-state index >= 15 is 0 Å². The van der Waals surface area contributed by atoms with Gasteiger partial charge < -0.3 is 33.2 Å². The van der Waals surface area contributed by atoms with E-state index in [0.29, 0.717) is 55.0 Å². The topological polar surface area (TPSA) is 98.8 Å². The van der Waals surface area contributed by atoms with Crippen molar-refractivity contribution in [2.24, 2.45) is 0 Å². The van der Waals surface area contributed by atoms with Crippen LogP contribution >= 0.6 is 0 Å². The summed E-state index contributed by atoms with van der Waals surface area (Å²) in [4.78, 5) is 24.8. The summed E-state index contributed by atoms with van der Waals surface area (Å²) >= 11 is 0. The molecule has 9 nitrogen and oxygen atoms in total. The fourth-order valence-corrected chi connectivity index (χ4v) is 4.37. The van der Waals surface area contributed by atoms with Gasteiger partial charge in [0.15, 0.2) is 23.0 Å². The molecular weight excluding hydrogens is 540 g/mol. The van der Waals surface area contributed by atoms with Crippen molar-refractivity contribution in [3.05, 3.63) is 53.6 Å². The summed E-state index contributed by atoms with van der Waals surface area (Å²) in [7, 11) is 0. The van der Waals surface area contributed by atoms with Crippen LogP contribution in [0, 0.1) is 0 Å². The molecule has 0 unspecified atom stereocenters. The first-order valence-electron chi connectivity index (χ1n) is 14.4. The highest BCUT2D eigenvalue weighted by Gasteiger charge is 2.37. The lowest BCUT2D eigenvalue weighted by Crippen LogP contribution is -2.23. The minimum absolute atomic E-state index is 0.135. The van der Waals surface area contributed by atoms with Crippen molar-refractivity contribution in [2.75, 3.05) is 33.0 Å². The average Bonchev–Trinajstić information content (AvgIpc) is 2.93. The lowest BCUT2D eigenvalue weighted by molar-refractivity contribution is -0.130. The Kier molecular flexibility index (Phi) is 13.3. The average molecular weight is 585 g/mol. The number of carbonyl (C=O) groups is 2. The van der Waals surface area contributed by atoms with Crippen molar-refractivity contribution in [3.8, 4) is 40.2 Å². The minimum atomic E-state index is -0.809. The third-order valence-electron chi connectivity index (χ3n) is 6.05. The highest BCUT2D eigenvalue weighted by molar-refractivity contribution is 5.86. The van der Waals surface area contributed by atoms with Crippen molar-refractivity contribution in [3.63, 3.8) is 0 Å². The van der Waals surface area contributed by atoms with E-state index in [1.54, 1.807) is 38.1 Å². The molecule has 0 heterocycles. The van der Waals surface area contributed by atoms with Gasteiger partial charge in [-0.15, -0.1) is 0 Å². The Labute approximate surface area is 249 Å². The Morgan fingerprint density at radius 1 is 0.595 bits per heavy atom. The van der Waals surface area contributed by atoms with Gasteiger partial charge in [-0.3, -0.25) is 0 Å². The SMILES string of the molecule is CC=CC(=O)Oc1ccc(C(C)(C)c2cc(OCC)c(OC(=O)C=CC)c(OCC)c2OCC)c(OCC)c1OCC. The van der Waals surface area contributed by atoms with Crippen LogP contribution in [0.4, 0.5) is 0 Å². The summed E-state index contributed by atoms with van der Waals surface area (Å²) < 4.78 is 41.7. The maximum atomic E-state index is 12.5. The molecule has 0 fully saturated rings. The van der Waals surface area contributed by atoms with Crippen molar-refractivity contribution < 1.29 is 42.7 Å². The van der Waals surface area contributed by atoms with Crippen LogP contribution in [-0.4, -0.2) is 45.0 Å². The maximum absolute atomic E-state index is 12.5. The van der Waals surface area contributed by atoms with Crippen molar-refractivity contribution in [1.82, 2.24) is 0 Å². The lowest BCUT2D eigenvalue weighted by atomic mass is 9.76. The molecule has 0 aliphatic carbocycles. The van der Waals surface area contributed by atoms with Crippen molar-refractivity contribution in [2.45, 2.75) is 67.7 Å². The van der Waals surface area contributed by atoms with Crippen LogP contribution in [0.5, 0.6) is 40.2 Å². The van der Waals surface area contributed by atoms with E-state index in [2.05, 4.69) is 0 Å². The van der Waals surface area contributed by atoms with E-state index in [4.69, 9.17) is 33.2 Å².